The Kier molecular flexibility index (Phi) is 5.22. The molecule has 0 aliphatic rings. The zero-order valence-corrected chi connectivity index (χ0v) is 16.1. The molecule has 2 N–H and O–H groups in total. The van der Waals surface area contributed by atoms with Crippen LogP contribution in [0.15, 0.2) is 72.8 Å². The molecular weight excluding hydrogens is 415 g/mol. The first kappa shape index (κ1) is 20.0. The summed E-state index contributed by atoms with van der Waals surface area (Å²) in [6.07, 6.45) is -4.57. The average Bonchev–Trinajstić information content (AvgIpc) is 3.17. The van der Waals surface area contributed by atoms with E-state index >= 15 is 0 Å². The van der Waals surface area contributed by atoms with Crippen LogP contribution in [0.2, 0.25) is 5.02 Å². The van der Waals surface area contributed by atoms with Crippen LogP contribution in [0.5, 0.6) is 0 Å². The molecule has 4 nitrogen and oxygen atoms in total. The number of carbonyl (C=O) groups excluding carboxylic acids is 1. The highest BCUT2D eigenvalue weighted by Gasteiger charge is 2.34. The molecule has 0 radical (unpaired) electrons. The number of amides is 1. The van der Waals surface area contributed by atoms with Crippen molar-refractivity contribution in [1.82, 2.24) is 15.3 Å². The van der Waals surface area contributed by atoms with E-state index in [0.717, 1.165) is 5.56 Å². The number of fused-ring (bicyclic) bond motifs is 1. The summed E-state index contributed by atoms with van der Waals surface area (Å²) in [5, 5.41) is 3.23. The van der Waals surface area contributed by atoms with E-state index in [9.17, 15) is 18.0 Å². The van der Waals surface area contributed by atoms with Gasteiger partial charge in [0.2, 0.25) is 5.82 Å². The van der Waals surface area contributed by atoms with E-state index < -0.39 is 23.9 Å². The molecule has 3 aromatic carbocycles. The SMILES string of the molecule is O=C(NC(c1ccccc1)c1ccc2nc(C(F)(F)F)[nH]c2c1)c1ccccc1Cl. The first-order valence-electron chi connectivity index (χ1n) is 9.00. The van der Waals surface area contributed by atoms with E-state index in [0.29, 0.717) is 16.1 Å². The standard InChI is InChI=1S/C22H15ClF3N3O/c23-16-9-5-4-8-15(16)20(30)29-19(13-6-2-1-3-7-13)14-10-11-17-18(12-14)28-21(27-17)22(24,25)26/h1-12,19H,(H,27,28)(H,29,30). The molecule has 1 atom stereocenters. The van der Waals surface area contributed by atoms with E-state index in [4.69, 9.17) is 11.6 Å². The zero-order chi connectivity index (χ0) is 21.3. The largest absolute Gasteiger partial charge is 0.449 e. The fourth-order valence-electron chi connectivity index (χ4n) is 3.20. The number of nitrogens with one attached hydrogen (secondary N) is 2. The third kappa shape index (κ3) is 4.02. The maximum absolute atomic E-state index is 13.0. The van der Waals surface area contributed by atoms with Crippen LogP contribution in [0, 0.1) is 0 Å². The minimum atomic E-state index is -4.57. The highest BCUT2D eigenvalue weighted by Crippen LogP contribution is 2.31. The minimum absolute atomic E-state index is 0.190. The van der Waals surface area contributed by atoms with Crippen LogP contribution in [0.3, 0.4) is 0 Å². The van der Waals surface area contributed by atoms with Gasteiger partial charge >= 0.3 is 6.18 Å². The quantitative estimate of drug-likeness (QED) is 0.433. The topological polar surface area (TPSA) is 57.8 Å². The van der Waals surface area contributed by atoms with Crippen molar-refractivity contribution in [3.63, 3.8) is 0 Å². The molecule has 30 heavy (non-hydrogen) atoms. The summed E-state index contributed by atoms with van der Waals surface area (Å²) in [6.45, 7) is 0. The number of halogens is 4. The fraction of sp³-hybridized carbons (Fsp3) is 0.0909. The maximum atomic E-state index is 13.0. The number of imidazole rings is 1. The van der Waals surface area contributed by atoms with Crippen LogP contribution in [0.4, 0.5) is 13.2 Å². The lowest BCUT2D eigenvalue weighted by Crippen LogP contribution is -2.29. The van der Waals surface area contributed by atoms with Crippen molar-refractivity contribution in [3.05, 3.63) is 100 Å². The number of aromatic amines is 1. The monoisotopic (exact) mass is 429 g/mol. The van der Waals surface area contributed by atoms with Crippen LogP contribution >= 0.6 is 11.6 Å². The molecule has 0 fully saturated rings. The maximum Gasteiger partial charge on any atom is 0.449 e. The van der Waals surface area contributed by atoms with Gasteiger partial charge in [0, 0.05) is 0 Å². The lowest BCUT2D eigenvalue weighted by Gasteiger charge is -2.20. The Morgan fingerprint density at radius 2 is 1.67 bits per heavy atom. The van der Waals surface area contributed by atoms with E-state index in [-0.39, 0.29) is 11.0 Å². The third-order valence-electron chi connectivity index (χ3n) is 4.63. The molecule has 152 valence electrons. The number of H-pyrrole nitrogens is 1. The summed E-state index contributed by atoms with van der Waals surface area (Å²) >= 11 is 6.14. The predicted molar refractivity (Wildman–Crippen MR) is 108 cm³/mol. The summed E-state index contributed by atoms with van der Waals surface area (Å²) in [7, 11) is 0. The normalized spacial score (nSPS) is 12.7. The van der Waals surface area contributed by atoms with Crippen LogP contribution in [-0.4, -0.2) is 15.9 Å². The highest BCUT2D eigenvalue weighted by molar-refractivity contribution is 6.33. The lowest BCUT2D eigenvalue weighted by atomic mass is 9.97. The molecule has 0 aliphatic carbocycles. The number of hydrogen-bond acceptors (Lipinski definition) is 2. The van der Waals surface area contributed by atoms with E-state index in [1.54, 1.807) is 36.4 Å². The van der Waals surface area contributed by atoms with Gasteiger partial charge in [-0.1, -0.05) is 60.1 Å². The summed E-state index contributed by atoms with van der Waals surface area (Å²) in [6, 6.07) is 19.9. The second-order valence-corrected chi connectivity index (χ2v) is 7.06. The molecule has 0 saturated heterocycles. The van der Waals surface area contributed by atoms with Crippen molar-refractivity contribution in [2.24, 2.45) is 0 Å². The number of alkyl halides is 3. The van der Waals surface area contributed by atoms with E-state index in [1.165, 1.54) is 6.07 Å². The molecule has 1 unspecified atom stereocenters. The highest BCUT2D eigenvalue weighted by atomic mass is 35.5. The van der Waals surface area contributed by atoms with Crippen LogP contribution < -0.4 is 5.32 Å². The van der Waals surface area contributed by atoms with Crippen LogP contribution in [-0.2, 0) is 6.18 Å². The zero-order valence-electron chi connectivity index (χ0n) is 15.4. The second kappa shape index (κ2) is 7.84. The number of benzene rings is 3. The molecule has 1 heterocycles. The number of carbonyl (C=O) groups is 1. The van der Waals surface area contributed by atoms with Gasteiger partial charge in [0.15, 0.2) is 0 Å². The summed E-state index contributed by atoms with van der Waals surface area (Å²) in [5.41, 5.74) is 2.10. The molecule has 4 rings (SSSR count). The number of aromatic nitrogens is 2. The van der Waals surface area contributed by atoms with E-state index in [1.807, 2.05) is 30.3 Å². The Morgan fingerprint density at radius 1 is 0.967 bits per heavy atom. The van der Waals surface area contributed by atoms with Gasteiger partial charge in [0.05, 0.1) is 27.7 Å². The van der Waals surface area contributed by atoms with Crippen molar-refractivity contribution >= 4 is 28.5 Å². The van der Waals surface area contributed by atoms with Gasteiger partial charge in [-0.3, -0.25) is 4.79 Å². The molecule has 0 bridgehead atoms. The molecule has 0 saturated carbocycles. The molecule has 4 aromatic rings. The van der Waals surface area contributed by atoms with E-state index in [2.05, 4.69) is 15.3 Å². The summed E-state index contributed by atoms with van der Waals surface area (Å²) in [4.78, 5) is 18.8. The van der Waals surface area contributed by atoms with Crippen molar-refractivity contribution in [2.45, 2.75) is 12.2 Å². The molecule has 1 aromatic heterocycles. The summed E-state index contributed by atoms with van der Waals surface area (Å²) in [5.74, 6) is -1.46. The van der Waals surface area contributed by atoms with Gasteiger partial charge in [0.25, 0.3) is 5.91 Å². The van der Waals surface area contributed by atoms with Gasteiger partial charge in [-0.05, 0) is 35.4 Å². The Hall–Kier alpha value is -3.32. The Labute approximate surface area is 174 Å². The Balaban J connectivity index is 1.75. The first-order chi connectivity index (χ1) is 14.3. The summed E-state index contributed by atoms with van der Waals surface area (Å²) < 4.78 is 39.0. The van der Waals surface area contributed by atoms with Crippen molar-refractivity contribution in [3.8, 4) is 0 Å². The van der Waals surface area contributed by atoms with Crippen molar-refractivity contribution in [2.75, 3.05) is 0 Å². The van der Waals surface area contributed by atoms with Gasteiger partial charge in [-0.25, -0.2) is 4.98 Å². The average molecular weight is 430 g/mol. The first-order valence-corrected chi connectivity index (χ1v) is 9.38. The molecule has 1 amide bonds. The number of nitrogens with zero attached hydrogens (tertiary/aromatic N) is 1. The van der Waals surface area contributed by atoms with Crippen molar-refractivity contribution < 1.29 is 18.0 Å². The predicted octanol–water partition coefficient (Wildman–Crippen LogP) is 5.75. The lowest BCUT2D eigenvalue weighted by molar-refractivity contribution is -0.144. The van der Waals surface area contributed by atoms with Crippen LogP contribution in [0.1, 0.15) is 33.4 Å². The van der Waals surface area contributed by atoms with Crippen molar-refractivity contribution in [1.29, 1.82) is 0 Å². The van der Waals surface area contributed by atoms with Crippen LogP contribution in [0.25, 0.3) is 11.0 Å². The Morgan fingerprint density at radius 3 is 2.37 bits per heavy atom. The van der Waals surface area contributed by atoms with Gasteiger partial charge < -0.3 is 10.3 Å². The number of rotatable bonds is 4. The minimum Gasteiger partial charge on any atom is -0.341 e. The smallest absolute Gasteiger partial charge is 0.341 e. The fourth-order valence-corrected chi connectivity index (χ4v) is 3.42. The Bertz CT molecular complexity index is 1210. The molecule has 0 spiro atoms. The number of hydrogen-bond donors (Lipinski definition) is 2. The molecule has 0 aliphatic heterocycles. The third-order valence-corrected chi connectivity index (χ3v) is 4.96. The van der Waals surface area contributed by atoms with Gasteiger partial charge in [-0.15, -0.1) is 0 Å². The van der Waals surface area contributed by atoms with Gasteiger partial charge in [-0.2, -0.15) is 13.2 Å². The molecule has 8 heteroatoms. The molecular formula is C22H15ClF3N3O. The van der Waals surface area contributed by atoms with Gasteiger partial charge in [0.1, 0.15) is 0 Å². The second-order valence-electron chi connectivity index (χ2n) is 6.66.